The lowest BCUT2D eigenvalue weighted by Gasteiger charge is -2.33. The molecule has 7 heteroatoms. The van der Waals surface area contributed by atoms with Crippen molar-refractivity contribution in [1.29, 1.82) is 0 Å². The van der Waals surface area contributed by atoms with Crippen molar-refractivity contribution < 1.29 is 28.6 Å². The summed E-state index contributed by atoms with van der Waals surface area (Å²) < 4.78 is 15.4. The second-order valence-electron chi connectivity index (χ2n) is 6.18. The van der Waals surface area contributed by atoms with Gasteiger partial charge in [0.2, 0.25) is 5.91 Å². The largest absolute Gasteiger partial charge is 0.471 e. The summed E-state index contributed by atoms with van der Waals surface area (Å²) in [7, 11) is 2.52. The smallest absolute Gasteiger partial charge is 0.337 e. The van der Waals surface area contributed by atoms with Crippen LogP contribution in [0.15, 0.2) is 41.7 Å². The van der Waals surface area contributed by atoms with Crippen molar-refractivity contribution in [2.45, 2.75) is 38.0 Å². The highest BCUT2D eigenvalue weighted by Gasteiger charge is 2.55. The summed E-state index contributed by atoms with van der Waals surface area (Å²) in [6, 6.07) is 8.87. The van der Waals surface area contributed by atoms with Gasteiger partial charge >= 0.3 is 11.9 Å². The van der Waals surface area contributed by atoms with Crippen molar-refractivity contribution in [3.8, 4) is 0 Å². The third-order valence-electron chi connectivity index (χ3n) is 4.63. The van der Waals surface area contributed by atoms with E-state index in [0.717, 1.165) is 12.0 Å². The first-order chi connectivity index (χ1) is 12.6. The minimum atomic E-state index is -1.02. The first-order valence-electron chi connectivity index (χ1n) is 8.47. The predicted octanol–water partition coefficient (Wildman–Crippen LogP) is 1.57. The Morgan fingerprint density at radius 3 is 2.54 bits per heavy atom. The first-order valence-corrected chi connectivity index (χ1v) is 8.47. The number of carbonyl (C=O) groups is 3. The van der Waals surface area contributed by atoms with E-state index in [9.17, 15) is 14.4 Å². The number of hydrogen-bond acceptors (Lipinski definition) is 6. The molecule has 0 aliphatic carbocycles. The maximum absolute atomic E-state index is 12.3. The summed E-state index contributed by atoms with van der Waals surface area (Å²) >= 11 is 0. The fourth-order valence-electron chi connectivity index (χ4n) is 3.28. The van der Waals surface area contributed by atoms with E-state index >= 15 is 0 Å². The zero-order chi connectivity index (χ0) is 18.7. The standard InChI is InChI=1S/C19H21NO6/c1-24-18(22)13(10-6-9-12-7-4-3-5-8-12)17-16(19(23)25-2)20-14(21)11-15(20)26-17/h3-5,7-8,15-16H,6,9-11H2,1-2H3/t15-,16?/m1/s1. The molecule has 0 aromatic heterocycles. The predicted molar refractivity (Wildman–Crippen MR) is 90.6 cm³/mol. The van der Waals surface area contributed by atoms with Gasteiger partial charge in [0.25, 0.3) is 0 Å². The fourth-order valence-corrected chi connectivity index (χ4v) is 3.28. The summed E-state index contributed by atoms with van der Waals surface area (Å²) in [4.78, 5) is 37.7. The Bertz CT molecular complexity index is 742. The Hall–Kier alpha value is -2.83. The number of β-lactam (4-membered cyclic amide) rings is 1. The van der Waals surface area contributed by atoms with Crippen molar-refractivity contribution in [2.75, 3.05) is 14.2 Å². The van der Waals surface area contributed by atoms with Gasteiger partial charge in [0.15, 0.2) is 12.3 Å². The average molecular weight is 359 g/mol. The van der Waals surface area contributed by atoms with Gasteiger partial charge in [-0.25, -0.2) is 9.59 Å². The lowest BCUT2D eigenvalue weighted by Crippen LogP contribution is -2.55. The van der Waals surface area contributed by atoms with Gasteiger partial charge in [-0.2, -0.15) is 0 Å². The molecule has 1 aromatic carbocycles. The normalized spacial score (nSPS) is 22.8. The Labute approximate surface area is 151 Å². The van der Waals surface area contributed by atoms with Crippen LogP contribution in [-0.2, 0) is 35.0 Å². The number of nitrogens with zero attached hydrogens (tertiary/aromatic N) is 1. The van der Waals surface area contributed by atoms with Crippen LogP contribution in [0.5, 0.6) is 0 Å². The van der Waals surface area contributed by atoms with Crippen LogP contribution in [0.4, 0.5) is 0 Å². The van der Waals surface area contributed by atoms with Crippen LogP contribution in [0.2, 0.25) is 0 Å². The minimum absolute atomic E-state index is 0.174. The molecule has 3 rings (SSSR count). The highest BCUT2D eigenvalue weighted by atomic mass is 16.6. The highest BCUT2D eigenvalue weighted by Crippen LogP contribution is 2.39. The summed E-state index contributed by atoms with van der Waals surface area (Å²) in [5, 5.41) is 0. The quantitative estimate of drug-likeness (QED) is 0.436. The number of aryl methyl sites for hydroxylation is 1. The fraction of sp³-hybridized carbons (Fsp3) is 0.421. The third kappa shape index (κ3) is 3.29. The van der Waals surface area contributed by atoms with Gasteiger partial charge in [-0.05, 0) is 24.8 Å². The van der Waals surface area contributed by atoms with E-state index in [1.807, 2.05) is 30.3 Å². The number of carbonyl (C=O) groups excluding carboxylic acids is 3. The topological polar surface area (TPSA) is 82.1 Å². The SMILES string of the molecule is COC(=O)C(CCCc1ccccc1)=C1O[C@@H]2CC(=O)N2C1C(=O)OC. The monoisotopic (exact) mass is 359 g/mol. The number of ether oxygens (including phenoxy) is 3. The molecule has 0 N–H and O–H groups in total. The average Bonchev–Trinajstić information content (AvgIpc) is 2.97. The van der Waals surface area contributed by atoms with E-state index in [-0.39, 0.29) is 23.7 Å². The van der Waals surface area contributed by atoms with Crippen LogP contribution in [0.3, 0.4) is 0 Å². The second kappa shape index (κ2) is 7.59. The Kier molecular flexibility index (Phi) is 5.25. The lowest BCUT2D eigenvalue weighted by molar-refractivity contribution is -0.164. The highest BCUT2D eigenvalue weighted by molar-refractivity contribution is 5.95. The van der Waals surface area contributed by atoms with E-state index in [1.54, 1.807) is 0 Å². The summed E-state index contributed by atoms with van der Waals surface area (Å²) in [6.45, 7) is 0. The summed E-state index contributed by atoms with van der Waals surface area (Å²) in [5.74, 6) is -1.21. The zero-order valence-electron chi connectivity index (χ0n) is 14.8. The van der Waals surface area contributed by atoms with Gasteiger partial charge in [-0.3, -0.25) is 9.69 Å². The Morgan fingerprint density at radius 1 is 1.19 bits per heavy atom. The number of methoxy groups -OCH3 is 2. The molecule has 2 aliphatic heterocycles. The van der Waals surface area contributed by atoms with Crippen molar-refractivity contribution in [3.63, 3.8) is 0 Å². The van der Waals surface area contributed by atoms with Crippen molar-refractivity contribution in [1.82, 2.24) is 4.90 Å². The molecule has 0 spiro atoms. The number of benzene rings is 1. The van der Waals surface area contributed by atoms with Gasteiger partial charge in [0.1, 0.15) is 5.76 Å². The van der Waals surface area contributed by atoms with Crippen LogP contribution in [0.1, 0.15) is 24.8 Å². The van der Waals surface area contributed by atoms with Gasteiger partial charge in [-0.1, -0.05) is 30.3 Å². The van der Waals surface area contributed by atoms with Gasteiger partial charge in [0, 0.05) is 0 Å². The number of hydrogen-bond donors (Lipinski definition) is 0. The molecule has 0 saturated carbocycles. The molecule has 1 unspecified atom stereocenters. The van der Waals surface area contributed by atoms with E-state index < -0.39 is 24.2 Å². The van der Waals surface area contributed by atoms with Crippen molar-refractivity contribution in [2.24, 2.45) is 0 Å². The summed E-state index contributed by atoms with van der Waals surface area (Å²) in [5.41, 5.74) is 1.43. The first kappa shape index (κ1) is 18.0. The van der Waals surface area contributed by atoms with Crippen molar-refractivity contribution >= 4 is 17.8 Å². The molecule has 2 saturated heterocycles. The van der Waals surface area contributed by atoms with Crippen LogP contribution in [0.25, 0.3) is 0 Å². The molecule has 138 valence electrons. The number of amides is 1. The molecule has 1 aromatic rings. The van der Waals surface area contributed by atoms with E-state index in [4.69, 9.17) is 14.2 Å². The molecule has 26 heavy (non-hydrogen) atoms. The van der Waals surface area contributed by atoms with Gasteiger partial charge in [-0.15, -0.1) is 0 Å². The lowest BCUT2D eigenvalue weighted by atomic mass is 10.00. The Morgan fingerprint density at radius 2 is 1.92 bits per heavy atom. The maximum atomic E-state index is 12.3. The summed E-state index contributed by atoms with van der Waals surface area (Å²) in [6.07, 6.45) is 1.49. The molecule has 7 nitrogen and oxygen atoms in total. The molecular formula is C19H21NO6. The van der Waals surface area contributed by atoms with E-state index in [0.29, 0.717) is 12.8 Å². The second-order valence-corrected chi connectivity index (χ2v) is 6.18. The van der Waals surface area contributed by atoms with Crippen LogP contribution in [0, 0.1) is 0 Å². The maximum Gasteiger partial charge on any atom is 0.337 e. The van der Waals surface area contributed by atoms with Crippen LogP contribution in [-0.4, -0.2) is 49.2 Å². The zero-order valence-corrected chi connectivity index (χ0v) is 14.8. The molecule has 2 heterocycles. The molecule has 0 radical (unpaired) electrons. The minimum Gasteiger partial charge on any atom is -0.471 e. The van der Waals surface area contributed by atoms with Crippen LogP contribution < -0.4 is 0 Å². The van der Waals surface area contributed by atoms with Crippen LogP contribution >= 0.6 is 0 Å². The number of fused-ring (bicyclic) bond motifs is 1. The van der Waals surface area contributed by atoms with E-state index in [1.165, 1.54) is 19.1 Å². The van der Waals surface area contributed by atoms with Crippen molar-refractivity contribution in [3.05, 3.63) is 47.2 Å². The molecule has 2 fully saturated rings. The molecule has 1 amide bonds. The molecule has 0 bridgehead atoms. The number of rotatable bonds is 6. The van der Waals surface area contributed by atoms with Gasteiger partial charge < -0.3 is 14.2 Å². The number of esters is 2. The van der Waals surface area contributed by atoms with Gasteiger partial charge in [0.05, 0.1) is 26.2 Å². The molecular weight excluding hydrogens is 338 g/mol. The third-order valence-corrected chi connectivity index (χ3v) is 4.63. The molecule has 2 aliphatic rings. The van der Waals surface area contributed by atoms with E-state index in [2.05, 4.69) is 0 Å². The molecule has 2 atom stereocenters. The Balaban J connectivity index is 1.83.